The number of aliphatic hydroxyl groups is 1. The zero-order valence-electron chi connectivity index (χ0n) is 16.7. The number of benzene rings is 1. The van der Waals surface area contributed by atoms with E-state index in [2.05, 4.69) is 25.6 Å². The lowest BCUT2D eigenvalue weighted by Crippen LogP contribution is -2.45. The number of hydrogen-bond donors (Lipinski definition) is 3. The lowest BCUT2D eigenvalue weighted by atomic mass is 10.1. The number of nitrogens with one attached hydrogen (secondary N) is 2. The maximum absolute atomic E-state index is 13.4. The van der Waals surface area contributed by atoms with Gasteiger partial charge >= 0.3 is 6.03 Å². The van der Waals surface area contributed by atoms with Crippen LogP contribution in [0.4, 0.5) is 21.0 Å². The fourth-order valence-corrected chi connectivity index (χ4v) is 3.68. The summed E-state index contributed by atoms with van der Waals surface area (Å²) in [4.78, 5) is 27.4. The van der Waals surface area contributed by atoms with Crippen LogP contribution in [0.25, 0.3) is 0 Å². The number of nitrogens with zero attached hydrogens (tertiary/aromatic N) is 4. The summed E-state index contributed by atoms with van der Waals surface area (Å²) in [6.45, 7) is 0.373. The van der Waals surface area contributed by atoms with Crippen molar-refractivity contribution in [1.29, 1.82) is 0 Å². The van der Waals surface area contributed by atoms with Crippen LogP contribution in [-0.4, -0.2) is 44.1 Å². The van der Waals surface area contributed by atoms with Gasteiger partial charge in [-0.3, -0.25) is 0 Å². The number of amides is 2. The van der Waals surface area contributed by atoms with Crippen LogP contribution in [0.2, 0.25) is 10.0 Å². The molecule has 0 radical (unpaired) electrons. The number of hydrogen-bond acceptors (Lipinski definition) is 6. The standard InChI is InChI=1S/C21H19Cl2FN6O2/c22-14-3-5-25-19(8-14)29-20-26-9-13-4-6-30(10-17(13)27-20)21(32)28-18(11-31)12-1-2-16(24)15(23)7-12/h1-3,5,7-9,18,31H,4,6,10-11H2,(H,28,32)(H,25,26,27,29)/t18-/m1/s1. The minimum Gasteiger partial charge on any atom is -0.394 e. The molecule has 3 heterocycles. The summed E-state index contributed by atoms with van der Waals surface area (Å²) in [6.07, 6.45) is 3.88. The van der Waals surface area contributed by atoms with Crippen molar-refractivity contribution in [3.8, 4) is 0 Å². The molecule has 0 saturated heterocycles. The Morgan fingerprint density at radius 2 is 2.09 bits per heavy atom. The van der Waals surface area contributed by atoms with E-state index in [0.29, 0.717) is 41.0 Å². The van der Waals surface area contributed by atoms with Gasteiger partial charge in [0.1, 0.15) is 11.6 Å². The second kappa shape index (κ2) is 9.64. The minimum atomic E-state index is -0.724. The van der Waals surface area contributed by atoms with E-state index in [4.69, 9.17) is 23.2 Å². The Morgan fingerprint density at radius 3 is 2.84 bits per heavy atom. The number of pyridine rings is 1. The van der Waals surface area contributed by atoms with Gasteiger partial charge < -0.3 is 20.6 Å². The van der Waals surface area contributed by atoms with E-state index >= 15 is 0 Å². The molecule has 2 amide bonds. The van der Waals surface area contributed by atoms with Crippen LogP contribution in [0.5, 0.6) is 0 Å². The smallest absolute Gasteiger partial charge is 0.318 e. The lowest BCUT2D eigenvalue weighted by Gasteiger charge is -2.30. The average Bonchev–Trinajstić information content (AvgIpc) is 2.78. The van der Waals surface area contributed by atoms with E-state index < -0.39 is 11.9 Å². The van der Waals surface area contributed by atoms with Crippen molar-refractivity contribution in [2.75, 3.05) is 18.5 Å². The zero-order valence-corrected chi connectivity index (χ0v) is 18.2. The molecule has 0 saturated carbocycles. The van der Waals surface area contributed by atoms with Crippen LogP contribution in [0.3, 0.4) is 0 Å². The van der Waals surface area contributed by atoms with Crippen molar-refractivity contribution in [3.05, 3.63) is 75.4 Å². The Morgan fingerprint density at radius 1 is 1.25 bits per heavy atom. The second-order valence-corrected chi connectivity index (χ2v) is 8.02. The van der Waals surface area contributed by atoms with Crippen molar-refractivity contribution in [3.63, 3.8) is 0 Å². The number of carbonyl (C=O) groups is 1. The van der Waals surface area contributed by atoms with Gasteiger partial charge in [0.05, 0.1) is 29.9 Å². The van der Waals surface area contributed by atoms with Gasteiger partial charge in [-0.1, -0.05) is 29.3 Å². The molecule has 0 aliphatic carbocycles. The molecule has 11 heteroatoms. The summed E-state index contributed by atoms with van der Waals surface area (Å²) in [5, 5.41) is 15.9. The lowest BCUT2D eigenvalue weighted by molar-refractivity contribution is 0.176. The Bertz CT molecular complexity index is 1150. The van der Waals surface area contributed by atoms with Crippen molar-refractivity contribution in [1.82, 2.24) is 25.2 Å². The van der Waals surface area contributed by atoms with Gasteiger partial charge in [-0.2, -0.15) is 0 Å². The molecule has 1 aliphatic rings. The third-order valence-electron chi connectivity index (χ3n) is 5.02. The molecule has 0 unspecified atom stereocenters. The molecule has 0 bridgehead atoms. The molecule has 1 aromatic carbocycles. The molecule has 4 rings (SSSR count). The molecule has 8 nitrogen and oxygen atoms in total. The minimum absolute atomic E-state index is 0.0759. The quantitative estimate of drug-likeness (QED) is 0.516. The Hall–Kier alpha value is -3.01. The van der Waals surface area contributed by atoms with Gasteiger partial charge in [-0.05, 0) is 41.8 Å². The number of urea groups is 1. The summed E-state index contributed by atoms with van der Waals surface area (Å²) in [5.41, 5.74) is 2.16. The summed E-state index contributed by atoms with van der Waals surface area (Å²) in [5.74, 6) is 0.282. The van der Waals surface area contributed by atoms with E-state index in [1.165, 1.54) is 18.2 Å². The maximum Gasteiger partial charge on any atom is 0.318 e. The van der Waals surface area contributed by atoms with Crippen LogP contribution in [0.1, 0.15) is 22.9 Å². The molecule has 1 aliphatic heterocycles. The number of carbonyl (C=O) groups excluding carboxylic acids is 1. The first-order valence-corrected chi connectivity index (χ1v) is 10.5. The molecule has 3 aromatic rings. The highest BCUT2D eigenvalue weighted by Crippen LogP contribution is 2.23. The SMILES string of the molecule is O=C(N[C@H](CO)c1ccc(F)c(Cl)c1)N1CCc2cnc(Nc3cc(Cl)ccn3)nc2C1. The van der Waals surface area contributed by atoms with Crippen LogP contribution in [-0.2, 0) is 13.0 Å². The fraction of sp³-hybridized carbons (Fsp3) is 0.238. The monoisotopic (exact) mass is 476 g/mol. The van der Waals surface area contributed by atoms with Crippen molar-refractivity contribution < 1.29 is 14.3 Å². The predicted octanol–water partition coefficient (Wildman–Crippen LogP) is 3.86. The van der Waals surface area contributed by atoms with E-state index in [0.717, 1.165) is 5.56 Å². The predicted molar refractivity (Wildman–Crippen MR) is 118 cm³/mol. The molecule has 2 aromatic heterocycles. The maximum atomic E-state index is 13.4. The molecule has 32 heavy (non-hydrogen) atoms. The number of fused-ring (bicyclic) bond motifs is 1. The highest BCUT2D eigenvalue weighted by molar-refractivity contribution is 6.31. The van der Waals surface area contributed by atoms with Crippen molar-refractivity contribution in [2.45, 2.75) is 19.0 Å². The molecule has 0 fully saturated rings. The summed E-state index contributed by atoms with van der Waals surface area (Å²) in [6, 6.07) is 6.28. The second-order valence-electron chi connectivity index (χ2n) is 7.18. The molecule has 166 valence electrons. The van der Waals surface area contributed by atoms with E-state index in [-0.39, 0.29) is 24.2 Å². The normalized spacial score (nSPS) is 13.9. The van der Waals surface area contributed by atoms with Gasteiger partial charge in [0, 0.05) is 24.0 Å². The van der Waals surface area contributed by atoms with Crippen LogP contribution in [0, 0.1) is 5.82 Å². The summed E-state index contributed by atoms with van der Waals surface area (Å²) in [7, 11) is 0. The largest absolute Gasteiger partial charge is 0.394 e. The van der Waals surface area contributed by atoms with E-state index in [1.807, 2.05) is 0 Å². The summed E-state index contributed by atoms with van der Waals surface area (Å²) >= 11 is 11.8. The average molecular weight is 477 g/mol. The third-order valence-corrected chi connectivity index (χ3v) is 5.55. The first-order valence-electron chi connectivity index (χ1n) is 9.77. The Labute approximate surface area is 193 Å². The Kier molecular flexibility index (Phi) is 6.69. The highest BCUT2D eigenvalue weighted by Gasteiger charge is 2.25. The van der Waals surface area contributed by atoms with Crippen molar-refractivity contribution in [2.24, 2.45) is 0 Å². The van der Waals surface area contributed by atoms with Gasteiger partial charge in [0.2, 0.25) is 5.95 Å². The van der Waals surface area contributed by atoms with E-state index in [1.54, 1.807) is 29.4 Å². The van der Waals surface area contributed by atoms with Gasteiger partial charge in [-0.15, -0.1) is 0 Å². The van der Waals surface area contributed by atoms with Crippen molar-refractivity contribution >= 4 is 41.0 Å². The number of halogens is 3. The topological polar surface area (TPSA) is 103 Å². The number of aliphatic hydroxyl groups excluding tert-OH is 1. The number of rotatable bonds is 5. The summed E-state index contributed by atoms with van der Waals surface area (Å²) < 4.78 is 13.4. The first-order chi connectivity index (χ1) is 15.4. The Balaban J connectivity index is 1.45. The van der Waals surface area contributed by atoms with Crippen LogP contribution < -0.4 is 10.6 Å². The molecule has 0 spiro atoms. The molecule has 3 N–H and O–H groups in total. The van der Waals surface area contributed by atoms with E-state index in [9.17, 15) is 14.3 Å². The van der Waals surface area contributed by atoms with Crippen LogP contribution >= 0.6 is 23.2 Å². The molecule has 1 atom stereocenters. The number of aromatic nitrogens is 3. The van der Waals surface area contributed by atoms with Gasteiger partial charge in [-0.25, -0.2) is 24.1 Å². The highest BCUT2D eigenvalue weighted by atomic mass is 35.5. The molecular weight excluding hydrogens is 458 g/mol. The van der Waals surface area contributed by atoms with Gasteiger partial charge in [0.25, 0.3) is 0 Å². The zero-order chi connectivity index (χ0) is 22.7. The molecular formula is C21H19Cl2FN6O2. The third kappa shape index (κ3) is 5.07. The van der Waals surface area contributed by atoms with Crippen LogP contribution in [0.15, 0.2) is 42.7 Å². The number of anilines is 2. The first kappa shape index (κ1) is 22.2. The fourth-order valence-electron chi connectivity index (χ4n) is 3.33. The van der Waals surface area contributed by atoms with Gasteiger partial charge in [0.15, 0.2) is 0 Å².